The Bertz CT molecular complexity index is 404. The summed E-state index contributed by atoms with van der Waals surface area (Å²) in [4.78, 5) is 0. The summed E-state index contributed by atoms with van der Waals surface area (Å²) in [6.07, 6.45) is -0.357. The smallest absolute Gasteiger partial charge is 0.0490 e. The summed E-state index contributed by atoms with van der Waals surface area (Å²) in [5.74, 6) is 0. The molecule has 0 aromatic carbocycles. The molecule has 2 heteroatoms. The maximum absolute atomic E-state index is 8.42. The van der Waals surface area contributed by atoms with Gasteiger partial charge in [-0.15, -0.1) is 0 Å². The van der Waals surface area contributed by atoms with Crippen molar-refractivity contribution in [2.45, 2.75) is 47.1 Å². The number of hydrogen-bond donors (Lipinski definition) is 2. The van der Waals surface area contributed by atoms with Crippen LogP contribution in [0, 0.1) is 5.41 Å². The quantitative estimate of drug-likeness (QED) is 0.639. The molecule has 3 atom stereocenters. The molecule has 84 valence electrons. The van der Waals surface area contributed by atoms with Crippen molar-refractivity contribution in [3.8, 4) is 0 Å². The standard InChI is InChI=1S/C13H22N2/c1-8-11(13(3,4)5)6-10-7-14-15-9(2)12(8)10/h9,14-15H,6-7H2,1-5H3/t9-/m0/s1/i6D,7D/t6?,7-,9+/m1. The van der Waals surface area contributed by atoms with E-state index in [4.69, 9.17) is 2.74 Å². The first-order valence-electron chi connectivity index (χ1n) is 6.71. The number of allylic oxidation sites excluding steroid dienone is 1. The number of hydrogen-bond acceptors (Lipinski definition) is 2. The van der Waals surface area contributed by atoms with Crippen LogP contribution in [-0.2, 0) is 0 Å². The highest BCUT2D eigenvalue weighted by Gasteiger charge is 2.32. The van der Waals surface area contributed by atoms with Crippen LogP contribution in [0.3, 0.4) is 0 Å². The lowest BCUT2D eigenvalue weighted by Gasteiger charge is -2.25. The zero-order chi connectivity index (χ0) is 13.0. The maximum atomic E-state index is 8.42. The molecule has 1 unspecified atom stereocenters. The van der Waals surface area contributed by atoms with Crippen LogP contribution in [0.4, 0.5) is 0 Å². The van der Waals surface area contributed by atoms with Gasteiger partial charge in [-0.1, -0.05) is 26.3 Å². The predicted octanol–water partition coefficient (Wildman–Crippen LogP) is 2.55. The van der Waals surface area contributed by atoms with E-state index in [-0.39, 0.29) is 17.9 Å². The minimum Gasteiger partial charge on any atom is -0.253 e. The lowest BCUT2D eigenvalue weighted by Crippen LogP contribution is -2.45. The van der Waals surface area contributed by atoms with Crippen LogP contribution in [0.1, 0.15) is 43.8 Å². The first-order chi connectivity index (χ1) is 7.75. The van der Waals surface area contributed by atoms with Gasteiger partial charge in [0.25, 0.3) is 0 Å². The van der Waals surface area contributed by atoms with Crippen LogP contribution in [0.15, 0.2) is 22.3 Å². The molecule has 2 rings (SSSR count). The summed E-state index contributed by atoms with van der Waals surface area (Å²) < 4.78 is 16.4. The van der Waals surface area contributed by atoms with Gasteiger partial charge in [0.2, 0.25) is 0 Å². The maximum Gasteiger partial charge on any atom is 0.0490 e. The van der Waals surface area contributed by atoms with Gasteiger partial charge in [-0.2, -0.15) is 0 Å². The van der Waals surface area contributed by atoms with Gasteiger partial charge in [-0.05, 0) is 42.4 Å². The second-order valence-corrected chi connectivity index (χ2v) is 5.46. The van der Waals surface area contributed by atoms with Gasteiger partial charge in [0.1, 0.15) is 0 Å². The van der Waals surface area contributed by atoms with Crippen LogP contribution >= 0.6 is 0 Å². The molecule has 1 aliphatic heterocycles. The Balaban J connectivity index is 2.52. The van der Waals surface area contributed by atoms with E-state index < -0.39 is 6.52 Å². The molecule has 0 saturated heterocycles. The van der Waals surface area contributed by atoms with Gasteiger partial charge < -0.3 is 0 Å². The topological polar surface area (TPSA) is 24.1 Å². The third kappa shape index (κ3) is 1.77. The summed E-state index contributed by atoms with van der Waals surface area (Å²) >= 11 is 0. The van der Waals surface area contributed by atoms with Gasteiger partial charge in [-0.25, -0.2) is 0 Å². The van der Waals surface area contributed by atoms with Crippen molar-refractivity contribution < 1.29 is 2.74 Å². The zero-order valence-corrected chi connectivity index (χ0v) is 10.2. The lowest BCUT2D eigenvalue weighted by molar-refractivity contribution is 0.474. The molecule has 0 amide bonds. The second kappa shape index (κ2) is 3.46. The summed E-state index contributed by atoms with van der Waals surface area (Å²) in [5, 5.41) is 0. The molecule has 0 aromatic rings. The van der Waals surface area contributed by atoms with Crippen LogP contribution in [0.2, 0.25) is 0 Å². The van der Waals surface area contributed by atoms with E-state index in [0.29, 0.717) is 0 Å². The molecule has 0 spiro atoms. The minimum atomic E-state index is -0.501. The monoisotopic (exact) mass is 208 g/mol. The Hall–Kier alpha value is -0.600. The lowest BCUT2D eigenvalue weighted by atomic mass is 9.83. The van der Waals surface area contributed by atoms with Gasteiger partial charge in [0, 0.05) is 15.3 Å². The molecule has 0 radical (unpaired) electrons. The van der Waals surface area contributed by atoms with Crippen molar-refractivity contribution in [2.75, 3.05) is 6.52 Å². The molecule has 2 nitrogen and oxygen atoms in total. The van der Waals surface area contributed by atoms with Gasteiger partial charge in [0.15, 0.2) is 0 Å². The first kappa shape index (κ1) is 8.54. The van der Waals surface area contributed by atoms with Gasteiger partial charge in [-0.3, -0.25) is 10.9 Å². The molecule has 0 saturated carbocycles. The number of rotatable bonds is 0. The second-order valence-electron chi connectivity index (χ2n) is 5.46. The van der Waals surface area contributed by atoms with Crippen molar-refractivity contribution in [1.82, 2.24) is 10.9 Å². The fourth-order valence-corrected chi connectivity index (χ4v) is 2.49. The Kier molecular flexibility index (Phi) is 1.97. The highest BCUT2D eigenvalue weighted by Crippen LogP contribution is 2.43. The first-order valence-corrected chi connectivity index (χ1v) is 5.56. The molecular formula is C13H22N2. The normalized spacial score (nSPS) is 39.1. The third-order valence-corrected chi connectivity index (χ3v) is 3.19. The van der Waals surface area contributed by atoms with E-state index in [1.807, 2.05) is 0 Å². The zero-order valence-electron chi connectivity index (χ0n) is 12.2. The van der Waals surface area contributed by atoms with E-state index in [1.54, 1.807) is 0 Å². The highest BCUT2D eigenvalue weighted by molar-refractivity contribution is 5.51. The third-order valence-electron chi connectivity index (χ3n) is 3.19. The summed E-state index contributed by atoms with van der Waals surface area (Å²) in [6, 6.07) is 0.180. The molecule has 2 N–H and O–H groups in total. The highest BCUT2D eigenvalue weighted by atomic mass is 15.4. The molecular weight excluding hydrogens is 184 g/mol. The van der Waals surface area contributed by atoms with E-state index in [0.717, 1.165) is 11.1 Å². The van der Waals surface area contributed by atoms with E-state index in [2.05, 4.69) is 45.5 Å². The summed E-state index contributed by atoms with van der Waals surface area (Å²) in [5.41, 5.74) is 10.5. The van der Waals surface area contributed by atoms with Crippen LogP contribution in [-0.4, -0.2) is 12.6 Å². The van der Waals surface area contributed by atoms with Crippen molar-refractivity contribution in [2.24, 2.45) is 5.41 Å². The Morgan fingerprint density at radius 3 is 2.60 bits per heavy atom. The van der Waals surface area contributed by atoms with Crippen LogP contribution < -0.4 is 10.9 Å². The number of nitrogens with one attached hydrogen (secondary N) is 2. The van der Waals surface area contributed by atoms with Gasteiger partial charge >= 0.3 is 0 Å². The molecule has 2 aliphatic rings. The average molecular weight is 208 g/mol. The fourth-order valence-electron chi connectivity index (χ4n) is 2.49. The van der Waals surface area contributed by atoms with E-state index in [9.17, 15) is 0 Å². The SMILES string of the molecule is [2H]C1C2=C(C(C)=C1C(C)(C)C)[C@H](C)NN[C@@H]2[2H]. The number of hydrazine groups is 1. The average Bonchev–Trinajstić information content (AvgIpc) is 2.45. The van der Waals surface area contributed by atoms with Gasteiger partial charge in [0.05, 0.1) is 0 Å². The van der Waals surface area contributed by atoms with Crippen LogP contribution in [0.5, 0.6) is 0 Å². The Labute approximate surface area is 95.6 Å². The fraction of sp³-hybridized carbons (Fsp3) is 0.692. The largest absolute Gasteiger partial charge is 0.253 e. The Morgan fingerprint density at radius 2 is 2.07 bits per heavy atom. The molecule has 0 aromatic heterocycles. The van der Waals surface area contributed by atoms with E-state index >= 15 is 0 Å². The molecule has 0 fully saturated rings. The van der Waals surface area contributed by atoms with Crippen molar-refractivity contribution in [1.29, 1.82) is 0 Å². The predicted molar refractivity (Wildman–Crippen MR) is 64.4 cm³/mol. The summed E-state index contributed by atoms with van der Waals surface area (Å²) in [6.45, 7) is 10.1. The molecule has 15 heavy (non-hydrogen) atoms. The molecule has 1 aliphatic carbocycles. The Morgan fingerprint density at radius 1 is 1.40 bits per heavy atom. The summed E-state index contributed by atoms with van der Waals surface area (Å²) in [7, 11) is 0. The van der Waals surface area contributed by atoms with Crippen molar-refractivity contribution in [3.63, 3.8) is 0 Å². The van der Waals surface area contributed by atoms with E-state index in [1.165, 1.54) is 11.1 Å². The molecule has 1 heterocycles. The van der Waals surface area contributed by atoms with Crippen molar-refractivity contribution in [3.05, 3.63) is 22.3 Å². The molecule has 0 bridgehead atoms. The minimum absolute atomic E-state index is 0.00667. The van der Waals surface area contributed by atoms with Crippen molar-refractivity contribution >= 4 is 0 Å². The van der Waals surface area contributed by atoms with Crippen LogP contribution in [0.25, 0.3) is 0 Å².